The number of carbonyl (C=O) groups excluding carboxylic acids is 1. The topological polar surface area (TPSA) is 64.2 Å². The van der Waals surface area contributed by atoms with Gasteiger partial charge in [-0.15, -0.1) is 0 Å². The molecule has 1 aromatic carbocycles. The lowest BCUT2D eigenvalue weighted by Gasteiger charge is -2.07. The average Bonchev–Trinajstić information content (AvgIpc) is 2.54. The summed E-state index contributed by atoms with van der Waals surface area (Å²) in [5.74, 6) is -0.566. The third kappa shape index (κ3) is 2.08. The fourth-order valence-electron chi connectivity index (χ4n) is 1.50. The second-order valence-corrected chi connectivity index (χ2v) is 4.25. The van der Waals surface area contributed by atoms with Crippen LogP contribution in [0.2, 0.25) is 0 Å². The van der Waals surface area contributed by atoms with Crippen molar-refractivity contribution in [2.45, 2.75) is 13.8 Å². The minimum Gasteiger partial charge on any atom is -0.408 e. The SMILES string of the molecule is CC(C)C(=O)Nc1ccc2c(c1)oc(=O)n2C. The van der Waals surface area contributed by atoms with Crippen molar-refractivity contribution in [2.24, 2.45) is 13.0 Å². The van der Waals surface area contributed by atoms with Crippen LogP contribution in [0, 0.1) is 5.92 Å². The van der Waals surface area contributed by atoms with Crippen molar-refractivity contribution < 1.29 is 9.21 Å². The summed E-state index contributed by atoms with van der Waals surface area (Å²) in [6.45, 7) is 3.63. The third-order valence-electron chi connectivity index (χ3n) is 2.58. The minimum atomic E-state index is -0.410. The van der Waals surface area contributed by atoms with Gasteiger partial charge in [0.2, 0.25) is 5.91 Å². The van der Waals surface area contributed by atoms with Crippen LogP contribution in [0.4, 0.5) is 5.69 Å². The highest BCUT2D eigenvalue weighted by Gasteiger charge is 2.10. The first-order valence-corrected chi connectivity index (χ1v) is 5.39. The molecule has 1 aromatic heterocycles. The lowest BCUT2D eigenvalue weighted by Crippen LogP contribution is -2.17. The second-order valence-electron chi connectivity index (χ2n) is 4.25. The highest BCUT2D eigenvalue weighted by molar-refractivity contribution is 5.93. The number of oxazole rings is 1. The van der Waals surface area contributed by atoms with Gasteiger partial charge in [0.15, 0.2) is 5.58 Å². The number of carbonyl (C=O) groups is 1. The van der Waals surface area contributed by atoms with E-state index >= 15 is 0 Å². The van der Waals surface area contributed by atoms with Gasteiger partial charge < -0.3 is 9.73 Å². The fourth-order valence-corrected chi connectivity index (χ4v) is 1.50. The second kappa shape index (κ2) is 4.08. The Bertz CT molecular complexity index is 622. The first-order valence-electron chi connectivity index (χ1n) is 5.39. The normalized spacial score (nSPS) is 11.1. The molecule has 1 heterocycles. The average molecular weight is 234 g/mol. The third-order valence-corrected chi connectivity index (χ3v) is 2.58. The van der Waals surface area contributed by atoms with Gasteiger partial charge in [-0.3, -0.25) is 9.36 Å². The van der Waals surface area contributed by atoms with Crippen LogP contribution in [0.25, 0.3) is 11.1 Å². The van der Waals surface area contributed by atoms with E-state index in [4.69, 9.17) is 4.42 Å². The zero-order chi connectivity index (χ0) is 12.6. The first kappa shape index (κ1) is 11.4. The molecule has 0 unspecified atom stereocenters. The minimum absolute atomic E-state index is 0.0670. The van der Waals surface area contributed by atoms with E-state index in [2.05, 4.69) is 5.32 Å². The lowest BCUT2D eigenvalue weighted by molar-refractivity contribution is -0.118. The van der Waals surface area contributed by atoms with Crippen LogP contribution in [0.3, 0.4) is 0 Å². The van der Waals surface area contributed by atoms with Crippen LogP contribution >= 0.6 is 0 Å². The van der Waals surface area contributed by atoms with Crippen LogP contribution < -0.4 is 11.1 Å². The monoisotopic (exact) mass is 234 g/mol. The maximum Gasteiger partial charge on any atom is 0.419 e. The lowest BCUT2D eigenvalue weighted by atomic mass is 10.2. The summed E-state index contributed by atoms with van der Waals surface area (Å²) >= 11 is 0. The molecule has 5 heteroatoms. The Hall–Kier alpha value is -2.04. The molecule has 2 rings (SSSR count). The number of hydrogen-bond acceptors (Lipinski definition) is 3. The maximum atomic E-state index is 11.5. The van der Waals surface area contributed by atoms with Crippen molar-refractivity contribution in [3.63, 3.8) is 0 Å². The predicted molar refractivity (Wildman–Crippen MR) is 64.9 cm³/mol. The molecular formula is C12H14N2O3. The summed E-state index contributed by atoms with van der Waals surface area (Å²) in [4.78, 5) is 22.8. The van der Waals surface area contributed by atoms with Gasteiger partial charge in [0, 0.05) is 24.7 Å². The Balaban J connectivity index is 2.39. The molecule has 0 atom stereocenters. The van der Waals surface area contributed by atoms with Crippen molar-refractivity contribution >= 4 is 22.7 Å². The molecule has 2 aromatic rings. The maximum absolute atomic E-state index is 11.5. The number of rotatable bonds is 2. The molecule has 0 radical (unpaired) electrons. The summed E-state index contributed by atoms with van der Waals surface area (Å²) in [6, 6.07) is 5.14. The number of aromatic nitrogens is 1. The Morgan fingerprint density at radius 1 is 1.41 bits per heavy atom. The van der Waals surface area contributed by atoms with Crippen LogP contribution in [0.1, 0.15) is 13.8 Å². The summed E-state index contributed by atoms with van der Waals surface area (Å²) in [6.07, 6.45) is 0. The van der Waals surface area contributed by atoms with Gasteiger partial charge in [0.25, 0.3) is 0 Å². The summed E-state index contributed by atoms with van der Waals surface area (Å²) in [7, 11) is 1.64. The van der Waals surface area contributed by atoms with E-state index in [1.165, 1.54) is 4.57 Å². The molecule has 1 N–H and O–H groups in total. The quantitative estimate of drug-likeness (QED) is 0.860. The van der Waals surface area contributed by atoms with E-state index in [0.29, 0.717) is 16.8 Å². The summed E-state index contributed by atoms with van der Waals surface area (Å²) < 4.78 is 6.46. The van der Waals surface area contributed by atoms with E-state index in [1.807, 2.05) is 13.8 Å². The van der Waals surface area contributed by atoms with Crippen LogP contribution in [0.5, 0.6) is 0 Å². The molecule has 0 saturated carbocycles. The van der Waals surface area contributed by atoms with E-state index < -0.39 is 5.76 Å². The van der Waals surface area contributed by atoms with Crippen LogP contribution in [-0.2, 0) is 11.8 Å². The molecule has 0 aliphatic rings. The molecule has 0 aliphatic heterocycles. The number of hydrogen-bond donors (Lipinski definition) is 1. The largest absolute Gasteiger partial charge is 0.419 e. The number of amides is 1. The Morgan fingerprint density at radius 3 is 2.76 bits per heavy atom. The van der Waals surface area contributed by atoms with Gasteiger partial charge in [-0.2, -0.15) is 0 Å². The van der Waals surface area contributed by atoms with Gasteiger partial charge in [-0.05, 0) is 12.1 Å². The van der Waals surface area contributed by atoms with Crippen molar-refractivity contribution in [3.05, 3.63) is 28.7 Å². The zero-order valence-electron chi connectivity index (χ0n) is 9.98. The zero-order valence-corrected chi connectivity index (χ0v) is 9.98. The fraction of sp³-hybridized carbons (Fsp3) is 0.333. The number of anilines is 1. The predicted octanol–water partition coefficient (Wildman–Crippen LogP) is 1.73. The number of aryl methyl sites for hydroxylation is 1. The van der Waals surface area contributed by atoms with Crippen LogP contribution in [0.15, 0.2) is 27.4 Å². The van der Waals surface area contributed by atoms with E-state index in [-0.39, 0.29) is 11.8 Å². The molecule has 90 valence electrons. The van der Waals surface area contributed by atoms with Crippen molar-refractivity contribution in [1.82, 2.24) is 4.57 Å². The first-order chi connectivity index (χ1) is 7.99. The van der Waals surface area contributed by atoms with Crippen molar-refractivity contribution in [3.8, 4) is 0 Å². The van der Waals surface area contributed by atoms with Gasteiger partial charge >= 0.3 is 5.76 Å². The molecular weight excluding hydrogens is 220 g/mol. The molecule has 0 fully saturated rings. The molecule has 0 aliphatic carbocycles. The highest BCUT2D eigenvalue weighted by atomic mass is 16.4. The van der Waals surface area contributed by atoms with Crippen LogP contribution in [-0.4, -0.2) is 10.5 Å². The molecule has 0 saturated heterocycles. The number of nitrogens with one attached hydrogen (secondary N) is 1. The summed E-state index contributed by atoms with van der Waals surface area (Å²) in [5, 5.41) is 2.75. The molecule has 1 amide bonds. The Morgan fingerprint density at radius 2 is 2.12 bits per heavy atom. The number of nitrogens with zero attached hydrogens (tertiary/aromatic N) is 1. The molecule has 0 spiro atoms. The smallest absolute Gasteiger partial charge is 0.408 e. The van der Waals surface area contributed by atoms with Gasteiger partial charge in [-0.1, -0.05) is 13.8 Å². The summed E-state index contributed by atoms with van der Waals surface area (Å²) in [5.41, 5.74) is 1.81. The van der Waals surface area contributed by atoms with Gasteiger partial charge in [0.05, 0.1) is 5.52 Å². The Kier molecular flexibility index (Phi) is 2.75. The van der Waals surface area contributed by atoms with Crippen molar-refractivity contribution in [2.75, 3.05) is 5.32 Å². The van der Waals surface area contributed by atoms with E-state index in [9.17, 15) is 9.59 Å². The van der Waals surface area contributed by atoms with E-state index in [0.717, 1.165) is 0 Å². The number of fused-ring (bicyclic) bond motifs is 1. The van der Waals surface area contributed by atoms with Gasteiger partial charge in [-0.25, -0.2) is 4.79 Å². The Labute approximate surface area is 98.0 Å². The highest BCUT2D eigenvalue weighted by Crippen LogP contribution is 2.18. The standard InChI is InChI=1S/C12H14N2O3/c1-7(2)11(15)13-8-4-5-9-10(6-8)17-12(16)14(9)3/h4-7H,1-3H3,(H,13,15). The molecule has 17 heavy (non-hydrogen) atoms. The molecule has 5 nitrogen and oxygen atoms in total. The van der Waals surface area contributed by atoms with Crippen molar-refractivity contribution in [1.29, 1.82) is 0 Å². The molecule has 0 bridgehead atoms. The number of benzene rings is 1. The van der Waals surface area contributed by atoms with E-state index in [1.54, 1.807) is 25.2 Å². The van der Waals surface area contributed by atoms with Gasteiger partial charge in [0.1, 0.15) is 0 Å².